The van der Waals surface area contributed by atoms with Crippen LogP contribution in [0.4, 0.5) is 0 Å². The van der Waals surface area contributed by atoms with Crippen LogP contribution in [0.1, 0.15) is 33.1 Å². The highest BCUT2D eigenvalue weighted by Crippen LogP contribution is 2.21. The van der Waals surface area contributed by atoms with E-state index in [4.69, 9.17) is 4.74 Å². The molecule has 1 atom stereocenters. The summed E-state index contributed by atoms with van der Waals surface area (Å²) in [5.41, 5.74) is -0.158. The van der Waals surface area contributed by atoms with Crippen molar-refractivity contribution >= 4 is 5.91 Å². The van der Waals surface area contributed by atoms with Crippen molar-refractivity contribution in [2.45, 2.75) is 44.7 Å². The highest BCUT2D eigenvalue weighted by Gasteiger charge is 2.37. The number of piperidine rings is 1. The molecule has 0 aromatic heterocycles. The van der Waals surface area contributed by atoms with Crippen LogP contribution in [0.5, 0.6) is 0 Å². The predicted octanol–water partition coefficient (Wildman–Crippen LogP) is 0.766. The fraction of sp³-hybridized carbons (Fsp3) is 0.917. The number of nitrogens with zero attached hydrogens (tertiary/aromatic N) is 1. The minimum atomic E-state index is -0.158. The molecule has 2 heterocycles. The Kier molecular flexibility index (Phi) is 3.50. The molecule has 2 rings (SSSR count). The molecule has 1 amide bonds. The minimum absolute atomic E-state index is 0.0334. The van der Waals surface area contributed by atoms with Crippen molar-refractivity contribution in [3.05, 3.63) is 0 Å². The molecule has 1 N–H and O–H groups in total. The van der Waals surface area contributed by atoms with Gasteiger partial charge >= 0.3 is 0 Å². The second kappa shape index (κ2) is 4.72. The van der Waals surface area contributed by atoms with Gasteiger partial charge in [-0.15, -0.1) is 0 Å². The molecular weight excluding hydrogens is 204 g/mol. The minimum Gasteiger partial charge on any atom is -0.377 e. The maximum Gasteiger partial charge on any atom is 0.240 e. The van der Waals surface area contributed by atoms with Crippen molar-refractivity contribution in [3.63, 3.8) is 0 Å². The second-order valence-electron chi connectivity index (χ2n) is 5.36. The molecule has 4 nitrogen and oxygen atoms in total. The Morgan fingerprint density at radius 2 is 2.25 bits per heavy atom. The molecule has 2 aliphatic heterocycles. The Labute approximate surface area is 97.3 Å². The number of amides is 1. The number of carbonyl (C=O) groups excluding carboxylic acids is 1. The Balaban J connectivity index is 2.01. The summed E-state index contributed by atoms with van der Waals surface area (Å²) in [6.45, 7) is 7.16. The largest absolute Gasteiger partial charge is 0.377 e. The Morgan fingerprint density at radius 3 is 2.88 bits per heavy atom. The zero-order valence-corrected chi connectivity index (χ0v) is 10.3. The first-order valence-electron chi connectivity index (χ1n) is 6.24. The maximum absolute atomic E-state index is 12.4. The average Bonchev–Trinajstić information content (AvgIpc) is 2.29. The maximum atomic E-state index is 12.4. The van der Waals surface area contributed by atoms with E-state index in [0.29, 0.717) is 13.2 Å². The summed E-state index contributed by atoms with van der Waals surface area (Å²) in [5.74, 6) is 0.257. The Bertz CT molecular complexity index is 260. The van der Waals surface area contributed by atoms with Gasteiger partial charge in [-0.3, -0.25) is 4.79 Å². The van der Waals surface area contributed by atoms with Gasteiger partial charge in [0.2, 0.25) is 5.91 Å². The molecule has 2 saturated heterocycles. The van der Waals surface area contributed by atoms with E-state index in [-0.39, 0.29) is 17.5 Å². The summed E-state index contributed by atoms with van der Waals surface area (Å²) in [5, 5.41) is 3.32. The van der Waals surface area contributed by atoms with Gasteiger partial charge in [0.1, 0.15) is 0 Å². The Morgan fingerprint density at radius 1 is 1.44 bits per heavy atom. The summed E-state index contributed by atoms with van der Waals surface area (Å²) < 4.78 is 5.44. The van der Waals surface area contributed by atoms with Crippen molar-refractivity contribution in [1.29, 1.82) is 0 Å². The van der Waals surface area contributed by atoms with E-state index in [9.17, 15) is 4.79 Å². The van der Waals surface area contributed by atoms with E-state index in [0.717, 1.165) is 25.9 Å². The third kappa shape index (κ3) is 2.38. The molecule has 0 radical (unpaired) electrons. The van der Waals surface area contributed by atoms with Crippen LogP contribution in [0, 0.1) is 0 Å². The summed E-state index contributed by atoms with van der Waals surface area (Å²) >= 11 is 0. The van der Waals surface area contributed by atoms with Gasteiger partial charge in [0, 0.05) is 6.54 Å². The van der Waals surface area contributed by atoms with Crippen LogP contribution in [0.3, 0.4) is 0 Å². The molecule has 0 aliphatic carbocycles. The average molecular weight is 226 g/mol. The lowest BCUT2D eigenvalue weighted by molar-refractivity contribution is -0.149. The van der Waals surface area contributed by atoms with Gasteiger partial charge in [0.05, 0.1) is 24.8 Å². The van der Waals surface area contributed by atoms with Gasteiger partial charge in [-0.2, -0.15) is 0 Å². The molecule has 0 aromatic carbocycles. The van der Waals surface area contributed by atoms with E-state index in [2.05, 4.69) is 19.2 Å². The number of hydrogen-bond donors (Lipinski definition) is 1. The van der Waals surface area contributed by atoms with Crippen molar-refractivity contribution in [1.82, 2.24) is 10.2 Å². The first kappa shape index (κ1) is 11.9. The van der Waals surface area contributed by atoms with Crippen molar-refractivity contribution < 1.29 is 9.53 Å². The van der Waals surface area contributed by atoms with E-state index in [1.807, 2.05) is 4.90 Å². The SMILES string of the molecule is CC1(C)COCCN1C(=O)[C@@H]1CCCCN1. The summed E-state index contributed by atoms with van der Waals surface area (Å²) in [4.78, 5) is 14.4. The zero-order valence-electron chi connectivity index (χ0n) is 10.3. The highest BCUT2D eigenvalue weighted by molar-refractivity contribution is 5.82. The smallest absolute Gasteiger partial charge is 0.240 e. The monoisotopic (exact) mass is 226 g/mol. The van der Waals surface area contributed by atoms with E-state index in [1.165, 1.54) is 6.42 Å². The van der Waals surface area contributed by atoms with Gasteiger partial charge in [-0.1, -0.05) is 6.42 Å². The number of morpholine rings is 1. The molecule has 0 spiro atoms. The predicted molar refractivity (Wildman–Crippen MR) is 62.3 cm³/mol. The van der Waals surface area contributed by atoms with Crippen molar-refractivity contribution in [3.8, 4) is 0 Å². The van der Waals surface area contributed by atoms with Gasteiger partial charge in [-0.05, 0) is 33.2 Å². The van der Waals surface area contributed by atoms with Crippen LogP contribution in [0.2, 0.25) is 0 Å². The molecule has 0 saturated carbocycles. The normalized spacial score (nSPS) is 30.1. The first-order chi connectivity index (χ1) is 7.61. The highest BCUT2D eigenvalue weighted by atomic mass is 16.5. The summed E-state index contributed by atoms with van der Waals surface area (Å²) in [6.07, 6.45) is 3.33. The summed E-state index contributed by atoms with van der Waals surface area (Å²) in [7, 11) is 0. The number of ether oxygens (including phenoxy) is 1. The van der Waals surface area contributed by atoms with Crippen LogP contribution < -0.4 is 5.32 Å². The number of nitrogens with one attached hydrogen (secondary N) is 1. The third-order valence-electron chi connectivity index (χ3n) is 3.52. The molecule has 0 bridgehead atoms. The molecule has 2 fully saturated rings. The van der Waals surface area contributed by atoms with E-state index >= 15 is 0 Å². The van der Waals surface area contributed by atoms with Gasteiger partial charge in [0.15, 0.2) is 0 Å². The standard InChI is InChI=1S/C12H22N2O2/c1-12(2)9-16-8-7-14(12)11(15)10-5-3-4-6-13-10/h10,13H,3-9H2,1-2H3/t10-/m0/s1. The molecule has 0 unspecified atom stereocenters. The topological polar surface area (TPSA) is 41.6 Å². The van der Waals surface area contributed by atoms with Crippen LogP contribution in [-0.2, 0) is 9.53 Å². The molecule has 0 aromatic rings. The van der Waals surface area contributed by atoms with Gasteiger partial charge in [-0.25, -0.2) is 0 Å². The van der Waals surface area contributed by atoms with Crippen LogP contribution >= 0.6 is 0 Å². The van der Waals surface area contributed by atoms with Gasteiger partial charge < -0.3 is 15.0 Å². The van der Waals surface area contributed by atoms with Gasteiger partial charge in [0.25, 0.3) is 0 Å². The number of carbonyl (C=O) groups is 1. The lowest BCUT2D eigenvalue weighted by Crippen LogP contribution is -2.60. The molecule has 16 heavy (non-hydrogen) atoms. The first-order valence-corrected chi connectivity index (χ1v) is 6.24. The van der Waals surface area contributed by atoms with Crippen molar-refractivity contribution in [2.75, 3.05) is 26.3 Å². The molecular formula is C12H22N2O2. The quantitative estimate of drug-likeness (QED) is 0.718. The number of rotatable bonds is 1. The second-order valence-corrected chi connectivity index (χ2v) is 5.36. The van der Waals surface area contributed by atoms with Crippen LogP contribution in [-0.4, -0.2) is 48.7 Å². The lowest BCUT2D eigenvalue weighted by atomic mass is 9.98. The van der Waals surface area contributed by atoms with Crippen LogP contribution in [0.25, 0.3) is 0 Å². The molecule has 4 heteroatoms. The fourth-order valence-electron chi connectivity index (χ4n) is 2.52. The zero-order chi connectivity index (χ0) is 11.6. The van der Waals surface area contributed by atoms with Crippen LogP contribution in [0.15, 0.2) is 0 Å². The fourth-order valence-corrected chi connectivity index (χ4v) is 2.52. The lowest BCUT2D eigenvalue weighted by Gasteiger charge is -2.44. The van der Waals surface area contributed by atoms with E-state index in [1.54, 1.807) is 0 Å². The molecule has 2 aliphatic rings. The summed E-state index contributed by atoms with van der Waals surface area (Å²) in [6, 6.07) is 0.0334. The number of hydrogen-bond acceptors (Lipinski definition) is 3. The van der Waals surface area contributed by atoms with E-state index < -0.39 is 0 Å². The van der Waals surface area contributed by atoms with Crippen molar-refractivity contribution in [2.24, 2.45) is 0 Å². The Hall–Kier alpha value is -0.610. The molecule has 92 valence electrons. The third-order valence-corrected chi connectivity index (χ3v) is 3.52.